The highest BCUT2D eigenvalue weighted by Crippen LogP contribution is 2.44. The summed E-state index contributed by atoms with van der Waals surface area (Å²) in [6.07, 6.45) is 2.81. The third kappa shape index (κ3) is 2.55. The van der Waals surface area contributed by atoms with E-state index in [1.807, 2.05) is 0 Å². The van der Waals surface area contributed by atoms with Crippen LogP contribution in [0.1, 0.15) is 33.1 Å². The Balaban J connectivity index is 1.65. The molecule has 2 rings (SSSR count). The number of hydrogen-bond acceptors (Lipinski definition) is 3. The number of likely N-dealkylation sites (tertiary alicyclic amines) is 1. The maximum Gasteiger partial charge on any atom is 0.224 e. The molecular weight excluding hydrogens is 204 g/mol. The van der Waals surface area contributed by atoms with Crippen molar-refractivity contribution in [3.8, 4) is 0 Å². The SMILES string of the molecule is CC(C)NCCC(=O)N1CC(O)(C2CC2)C1. The van der Waals surface area contributed by atoms with Gasteiger partial charge in [-0.1, -0.05) is 13.8 Å². The van der Waals surface area contributed by atoms with Crippen molar-refractivity contribution in [3.05, 3.63) is 0 Å². The van der Waals surface area contributed by atoms with E-state index >= 15 is 0 Å². The zero-order valence-corrected chi connectivity index (χ0v) is 10.2. The summed E-state index contributed by atoms with van der Waals surface area (Å²) in [4.78, 5) is 13.5. The number of nitrogens with zero attached hydrogens (tertiary/aromatic N) is 1. The molecule has 2 N–H and O–H groups in total. The number of hydrogen-bond donors (Lipinski definition) is 2. The fourth-order valence-corrected chi connectivity index (χ4v) is 2.30. The van der Waals surface area contributed by atoms with Gasteiger partial charge in [0.1, 0.15) is 5.60 Å². The van der Waals surface area contributed by atoms with Crippen LogP contribution in [0.5, 0.6) is 0 Å². The van der Waals surface area contributed by atoms with Gasteiger partial charge in [-0.3, -0.25) is 4.79 Å². The molecule has 92 valence electrons. The summed E-state index contributed by atoms with van der Waals surface area (Å²) in [5, 5.41) is 13.3. The van der Waals surface area contributed by atoms with Crippen LogP contribution in [0.4, 0.5) is 0 Å². The highest BCUT2D eigenvalue weighted by atomic mass is 16.3. The van der Waals surface area contributed by atoms with Gasteiger partial charge in [-0.2, -0.15) is 0 Å². The lowest BCUT2D eigenvalue weighted by Crippen LogP contribution is -2.64. The number of aliphatic hydroxyl groups is 1. The van der Waals surface area contributed by atoms with Gasteiger partial charge in [0.05, 0.1) is 13.1 Å². The molecule has 0 aromatic carbocycles. The van der Waals surface area contributed by atoms with Crippen molar-refractivity contribution in [1.29, 1.82) is 0 Å². The van der Waals surface area contributed by atoms with Crippen molar-refractivity contribution < 1.29 is 9.90 Å². The smallest absolute Gasteiger partial charge is 0.224 e. The van der Waals surface area contributed by atoms with E-state index in [1.54, 1.807) is 4.90 Å². The Morgan fingerprint density at radius 3 is 2.62 bits per heavy atom. The van der Waals surface area contributed by atoms with Crippen molar-refractivity contribution in [2.24, 2.45) is 5.92 Å². The molecule has 1 amide bonds. The van der Waals surface area contributed by atoms with E-state index in [-0.39, 0.29) is 5.91 Å². The van der Waals surface area contributed by atoms with Gasteiger partial charge in [0.2, 0.25) is 5.91 Å². The minimum Gasteiger partial charge on any atom is -0.386 e. The normalized spacial score (nSPS) is 23.4. The Kier molecular flexibility index (Phi) is 3.22. The lowest BCUT2D eigenvalue weighted by Gasteiger charge is -2.47. The second-order valence-electron chi connectivity index (χ2n) is 5.49. The predicted molar refractivity (Wildman–Crippen MR) is 62.0 cm³/mol. The standard InChI is InChI=1S/C12H22N2O2/c1-9(2)13-6-5-11(15)14-7-12(16,8-14)10-3-4-10/h9-10,13,16H,3-8H2,1-2H3. The van der Waals surface area contributed by atoms with Gasteiger partial charge in [-0.25, -0.2) is 0 Å². The Morgan fingerprint density at radius 2 is 2.12 bits per heavy atom. The van der Waals surface area contributed by atoms with Crippen LogP contribution < -0.4 is 5.32 Å². The lowest BCUT2D eigenvalue weighted by atomic mass is 9.88. The molecule has 2 fully saturated rings. The van der Waals surface area contributed by atoms with Crippen LogP contribution in [-0.2, 0) is 4.79 Å². The second-order valence-corrected chi connectivity index (χ2v) is 5.49. The van der Waals surface area contributed by atoms with E-state index in [0.29, 0.717) is 31.5 Å². The first-order valence-corrected chi connectivity index (χ1v) is 6.25. The summed E-state index contributed by atoms with van der Waals surface area (Å²) < 4.78 is 0. The summed E-state index contributed by atoms with van der Waals surface area (Å²) in [5.41, 5.74) is -0.541. The molecule has 0 unspecified atom stereocenters. The predicted octanol–water partition coefficient (Wildman–Crippen LogP) is 0.358. The molecule has 4 heteroatoms. The van der Waals surface area contributed by atoms with Gasteiger partial charge in [0, 0.05) is 19.0 Å². The van der Waals surface area contributed by atoms with E-state index in [4.69, 9.17) is 0 Å². The molecule has 1 heterocycles. The minimum absolute atomic E-state index is 0.165. The second kappa shape index (κ2) is 4.34. The molecule has 0 aromatic rings. The van der Waals surface area contributed by atoms with Gasteiger partial charge in [-0.05, 0) is 18.8 Å². The van der Waals surface area contributed by atoms with E-state index in [9.17, 15) is 9.90 Å². The average molecular weight is 226 g/mol. The monoisotopic (exact) mass is 226 g/mol. The van der Waals surface area contributed by atoms with Gasteiger partial charge < -0.3 is 15.3 Å². The maximum atomic E-state index is 11.7. The first-order chi connectivity index (χ1) is 7.51. The molecule has 1 aliphatic heterocycles. The molecule has 0 atom stereocenters. The van der Waals surface area contributed by atoms with Crippen molar-refractivity contribution >= 4 is 5.91 Å². The third-order valence-electron chi connectivity index (χ3n) is 3.51. The van der Waals surface area contributed by atoms with Crippen molar-refractivity contribution in [2.45, 2.75) is 44.8 Å². The lowest BCUT2D eigenvalue weighted by molar-refractivity contribution is -0.159. The Labute approximate surface area is 97.0 Å². The average Bonchev–Trinajstić information content (AvgIpc) is 2.95. The van der Waals surface area contributed by atoms with Gasteiger partial charge in [0.25, 0.3) is 0 Å². The summed E-state index contributed by atoms with van der Waals surface area (Å²) >= 11 is 0. The molecular formula is C12H22N2O2. The molecule has 2 aliphatic rings. The van der Waals surface area contributed by atoms with E-state index in [0.717, 1.165) is 19.4 Å². The molecule has 4 nitrogen and oxygen atoms in total. The number of amides is 1. The number of carbonyl (C=O) groups is 1. The fourth-order valence-electron chi connectivity index (χ4n) is 2.30. The molecule has 16 heavy (non-hydrogen) atoms. The molecule has 1 aliphatic carbocycles. The highest BCUT2D eigenvalue weighted by molar-refractivity contribution is 5.77. The topological polar surface area (TPSA) is 52.6 Å². The highest BCUT2D eigenvalue weighted by Gasteiger charge is 2.52. The zero-order valence-electron chi connectivity index (χ0n) is 10.2. The number of carbonyl (C=O) groups excluding carboxylic acids is 1. The van der Waals surface area contributed by atoms with Crippen molar-refractivity contribution in [1.82, 2.24) is 10.2 Å². The third-order valence-corrected chi connectivity index (χ3v) is 3.51. The van der Waals surface area contributed by atoms with Crippen LogP contribution >= 0.6 is 0 Å². The van der Waals surface area contributed by atoms with E-state index < -0.39 is 5.60 Å². The molecule has 1 saturated heterocycles. The minimum atomic E-state index is -0.541. The van der Waals surface area contributed by atoms with Gasteiger partial charge >= 0.3 is 0 Å². The summed E-state index contributed by atoms with van der Waals surface area (Å²) in [6, 6.07) is 0.424. The summed E-state index contributed by atoms with van der Waals surface area (Å²) in [5.74, 6) is 0.629. The van der Waals surface area contributed by atoms with Crippen LogP contribution in [-0.4, -0.2) is 47.2 Å². The molecule has 1 saturated carbocycles. The zero-order chi connectivity index (χ0) is 11.8. The molecule has 0 aromatic heterocycles. The van der Waals surface area contributed by atoms with Crippen LogP contribution in [0, 0.1) is 5.92 Å². The number of rotatable bonds is 5. The van der Waals surface area contributed by atoms with Gasteiger partial charge in [0.15, 0.2) is 0 Å². The first-order valence-electron chi connectivity index (χ1n) is 6.25. The first kappa shape index (κ1) is 11.9. The van der Waals surface area contributed by atoms with E-state index in [2.05, 4.69) is 19.2 Å². The van der Waals surface area contributed by atoms with Crippen LogP contribution in [0.25, 0.3) is 0 Å². The number of β-amino-alcohol motifs (C(OH)–C–C–N with tert-alkyl or cyclic N) is 1. The van der Waals surface area contributed by atoms with Crippen LogP contribution in [0.3, 0.4) is 0 Å². The van der Waals surface area contributed by atoms with Crippen molar-refractivity contribution in [3.63, 3.8) is 0 Å². The molecule has 0 radical (unpaired) electrons. The van der Waals surface area contributed by atoms with Gasteiger partial charge in [-0.15, -0.1) is 0 Å². The van der Waals surface area contributed by atoms with E-state index in [1.165, 1.54) is 0 Å². The molecule has 0 bridgehead atoms. The Hall–Kier alpha value is -0.610. The number of nitrogens with one attached hydrogen (secondary N) is 1. The summed E-state index contributed by atoms with van der Waals surface area (Å²) in [7, 11) is 0. The van der Waals surface area contributed by atoms with Crippen molar-refractivity contribution in [2.75, 3.05) is 19.6 Å². The molecule has 0 spiro atoms. The van der Waals surface area contributed by atoms with Crippen LogP contribution in [0.2, 0.25) is 0 Å². The largest absolute Gasteiger partial charge is 0.386 e. The maximum absolute atomic E-state index is 11.7. The summed E-state index contributed by atoms with van der Waals surface area (Å²) in [6.45, 7) is 5.98. The fraction of sp³-hybridized carbons (Fsp3) is 0.917. The van der Waals surface area contributed by atoms with Crippen LogP contribution in [0.15, 0.2) is 0 Å². The Bertz CT molecular complexity index is 268. The Morgan fingerprint density at radius 1 is 1.50 bits per heavy atom. The quantitative estimate of drug-likeness (QED) is 0.711.